The van der Waals surface area contributed by atoms with Crippen molar-refractivity contribution >= 4 is 44.8 Å². The van der Waals surface area contributed by atoms with Crippen LogP contribution < -0.4 is 4.74 Å². The molecule has 0 radical (unpaired) electrons. The van der Waals surface area contributed by atoms with E-state index in [0.29, 0.717) is 15.7 Å². The fourth-order valence-electron chi connectivity index (χ4n) is 1.67. The lowest BCUT2D eigenvalue weighted by Crippen LogP contribution is -1.94. The summed E-state index contributed by atoms with van der Waals surface area (Å²) >= 11 is 2.56. The lowest BCUT2D eigenvalue weighted by atomic mass is 10.1. The van der Waals surface area contributed by atoms with Crippen LogP contribution in [0.1, 0.15) is 12.5 Å². The number of rotatable bonds is 4. The molecule has 6 nitrogen and oxygen atoms in total. The first-order chi connectivity index (χ1) is 10.0. The number of hydrogen-bond acceptors (Lipinski definition) is 7. The van der Waals surface area contributed by atoms with Crippen LogP contribution in [-0.4, -0.2) is 27.3 Å². The van der Waals surface area contributed by atoms with E-state index in [0.717, 1.165) is 17.5 Å². The largest absolute Gasteiger partial charge is 0.496 e. The second-order valence-corrected chi connectivity index (χ2v) is 6.39. The Morgan fingerprint density at radius 2 is 2.29 bits per heavy atom. The molecular formula is C13H12N2O4S2. The highest BCUT2D eigenvalue weighted by Gasteiger charge is 2.23. The molecule has 0 aliphatic carbocycles. The molecular weight excluding hydrogens is 312 g/mol. The lowest BCUT2D eigenvalue weighted by Gasteiger charge is -2.04. The molecule has 0 bridgehead atoms. The van der Waals surface area contributed by atoms with Crippen LogP contribution in [0.25, 0.3) is 6.08 Å². The number of nitrogens with zero attached hydrogens (tertiary/aromatic N) is 2. The Kier molecular flexibility index (Phi) is 5.03. The van der Waals surface area contributed by atoms with E-state index in [4.69, 9.17) is 4.74 Å². The number of methoxy groups -OCH3 is 1. The Labute approximate surface area is 129 Å². The number of hydrogen-bond donors (Lipinski definition) is 0. The van der Waals surface area contributed by atoms with Crippen molar-refractivity contribution < 1.29 is 14.5 Å². The number of nitro groups is 1. The predicted octanol–water partition coefficient (Wildman–Crippen LogP) is 3.33. The quantitative estimate of drug-likeness (QED) is 0.480. The summed E-state index contributed by atoms with van der Waals surface area (Å²) in [6.45, 7) is 1.98. The van der Waals surface area contributed by atoms with Crippen LogP contribution in [0.5, 0.6) is 5.75 Å². The summed E-state index contributed by atoms with van der Waals surface area (Å²) in [6, 6.07) is 4.22. The molecule has 1 aliphatic rings. The van der Waals surface area contributed by atoms with Crippen LogP contribution in [0, 0.1) is 10.1 Å². The second kappa shape index (κ2) is 6.77. The standard InChI is InChI=1S/C13H12N2O4S2/c1-3-20-13-14-10(12(16)21-13)7-8-6-9(15(17)18)4-5-11(8)19-2/h4-7H,3H2,1-2H3/b10-7-. The van der Waals surface area contributed by atoms with Crippen molar-refractivity contribution in [3.8, 4) is 5.75 Å². The third-order valence-electron chi connectivity index (χ3n) is 2.59. The van der Waals surface area contributed by atoms with Crippen LogP contribution in [0.3, 0.4) is 0 Å². The molecule has 21 heavy (non-hydrogen) atoms. The first kappa shape index (κ1) is 15.6. The first-order valence-electron chi connectivity index (χ1n) is 6.03. The third-order valence-corrected chi connectivity index (χ3v) is 4.48. The summed E-state index contributed by atoms with van der Waals surface area (Å²) < 4.78 is 5.85. The van der Waals surface area contributed by atoms with E-state index < -0.39 is 4.92 Å². The zero-order valence-electron chi connectivity index (χ0n) is 11.4. The highest BCUT2D eigenvalue weighted by molar-refractivity contribution is 8.45. The zero-order valence-corrected chi connectivity index (χ0v) is 13.0. The van der Waals surface area contributed by atoms with Gasteiger partial charge in [0, 0.05) is 17.7 Å². The Bertz CT molecular complexity index is 656. The van der Waals surface area contributed by atoms with Gasteiger partial charge in [-0.2, -0.15) is 0 Å². The molecule has 0 fully saturated rings. The number of benzene rings is 1. The minimum absolute atomic E-state index is 0.0621. The average molecular weight is 324 g/mol. The van der Waals surface area contributed by atoms with Gasteiger partial charge in [0.25, 0.3) is 5.69 Å². The van der Waals surface area contributed by atoms with E-state index in [2.05, 4.69) is 4.99 Å². The number of carbonyl (C=O) groups excluding carboxylic acids is 1. The van der Waals surface area contributed by atoms with Crippen molar-refractivity contribution in [3.63, 3.8) is 0 Å². The molecule has 1 aliphatic heterocycles. The van der Waals surface area contributed by atoms with Gasteiger partial charge in [-0.25, -0.2) is 4.99 Å². The SMILES string of the molecule is CCSC1=N/C(=C\c2cc([N+](=O)[O-])ccc2OC)C(=O)S1. The fourth-order valence-corrected chi connectivity index (χ4v) is 3.41. The lowest BCUT2D eigenvalue weighted by molar-refractivity contribution is -0.384. The molecule has 0 saturated heterocycles. The number of nitro benzene ring substituents is 1. The van der Waals surface area contributed by atoms with E-state index in [9.17, 15) is 14.9 Å². The van der Waals surface area contributed by atoms with Gasteiger partial charge in [-0.15, -0.1) is 0 Å². The summed E-state index contributed by atoms with van der Waals surface area (Å²) in [5, 5.41) is 10.7. The van der Waals surface area contributed by atoms with Crippen molar-refractivity contribution in [1.29, 1.82) is 0 Å². The number of ether oxygens (including phenoxy) is 1. The number of thioether (sulfide) groups is 2. The van der Waals surface area contributed by atoms with Crippen LogP contribution in [0.15, 0.2) is 28.9 Å². The minimum atomic E-state index is -0.492. The first-order valence-corrected chi connectivity index (χ1v) is 7.83. The van der Waals surface area contributed by atoms with Crippen molar-refractivity contribution in [2.24, 2.45) is 4.99 Å². The molecule has 110 valence electrons. The highest BCUT2D eigenvalue weighted by Crippen LogP contribution is 2.33. The van der Waals surface area contributed by atoms with Gasteiger partial charge in [0.1, 0.15) is 15.8 Å². The van der Waals surface area contributed by atoms with Gasteiger partial charge in [-0.1, -0.05) is 18.7 Å². The maximum absolute atomic E-state index is 11.9. The smallest absolute Gasteiger partial charge is 0.270 e. The molecule has 0 atom stereocenters. The molecule has 0 N–H and O–H groups in total. The third kappa shape index (κ3) is 3.64. The molecule has 0 aromatic heterocycles. The average Bonchev–Trinajstić information content (AvgIpc) is 2.79. The molecule has 1 aromatic rings. The van der Waals surface area contributed by atoms with Gasteiger partial charge in [-0.05, 0) is 29.7 Å². The summed E-state index contributed by atoms with van der Waals surface area (Å²) in [5.74, 6) is 1.28. The molecule has 1 aromatic carbocycles. The molecule has 0 saturated carbocycles. The Morgan fingerprint density at radius 3 is 2.90 bits per heavy atom. The van der Waals surface area contributed by atoms with Gasteiger partial charge >= 0.3 is 0 Å². The summed E-state index contributed by atoms with van der Waals surface area (Å²) in [7, 11) is 1.47. The van der Waals surface area contributed by atoms with Gasteiger partial charge in [-0.3, -0.25) is 14.9 Å². The zero-order chi connectivity index (χ0) is 15.4. The number of carbonyl (C=O) groups is 1. The monoisotopic (exact) mass is 324 g/mol. The van der Waals surface area contributed by atoms with Gasteiger partial charge in [0.2, 0.25) is 5.12 Å². The predicted molar refractivity (Wildman–Crippen MR) is 85.8 cm³/mol. The Morgan fingerprint density at radius 1 is 1.52 bits per heavy atom. The minimum Gasteiger partial charge on any atom is -0.496 e. The maximum Gasteiger partial charge on any atom is 0.270 e. The van der Waals surface area contributed by atoms with E-state index in [1.165, 1.54) is 43.1 Å². The molecule has 0 amide bonds. The molecule has 0 unspecified atom stereocenters. The van der Waals surface area contributed by atoms with E-state index in [1.807, 2.05) is 6.92 Å². The van der Waals surface area contributed by atoms with Crippen LogP contribution in [-0.2, 0) is 4.79 Å². The maximum atomic E-state index is 11.9. The van der Waals surface area contributed by atoms with Gasteiger partial charge in [0.15, 0.2) is 0 Å². The molecule has 2 rings (SSSR count). The van der Waals surface area contributed by atoms with E-state index >= 15 is 0 Å². The second-order valence-electron chi connectivity index (χ2n) is 3.91. The van der Waals surface area contributed by atoms with Gasteiger partial charge < -0.3 is 4.74 Å². The molecule has 0 spiro atoms. The summed E-state index contributed by atoms with van der Waals surface area (Å²) in [6.07, 6.45) is 1.52. The van der Waals surface area contributed by atoms with Crippen LogP contribution in [0.4, 0.5) is 5.69 Å². The fraction of sp³-hybridized carbons (Fsp3) is 0.231. The van der Waals surface area contributed by atoms with Crippen LogP contribution in [0.2, 0.25) is 0 Å². The number of non-ortho nitro benzene ring substituents is 1. The van der Waals surface area contributed by atoms with Gasteiger partial charge in [0.05, 0.1) is 12.0 Å². The van der Waals surface area contributed by atoms with E-state index in [1.54, 1.807) is 0 Å². The summed E-state index contributed by atoms with van der Waals surface area (Å²) in [5.41, 5.74) is 0.671. The highest BCUT2D eigenvalue weighted by atomic mass is 32.2. The molecule has 1 heterocycles. The van der Waals surface area contributed by atoms with Crippen molar-refractivity contribution in [2.45, 2.75) is 6.92 Å². The molecule has 8 heteroatoms. The summed E-state index contributed by atoms with van der Waals surface area (Å²) in [4.78, 5) is 26.4. The van der Waals surface area contributed by atoms with Crippen molar-refractivity contribution in [2.75, 3.05) is 12.9 Å². The van der Waals surface area contributed by atoms with Crippen LogP contribution >= 0.6 is 23.5 Å². The van der Waals surface area contributed by atoms with Crippen molar-refractivity contribution in [1.82, 2.24) is 0 Å². The Balaban J connectivity index is 2.41. The topological polar surface area (TPSA) is 81.8 Å². The van der Waals surface area contributed by atoms with E-state index in [-0.39, 0.29) is 16.5 Å². The Hall–Kier alpha value is -1.80. The normalized spacial score (nSPS) is 16.2. The number of aliphatic imine (C=N–C) groups is 1. The van der Waals surface area contributed by atoms with Crippen molar-refractivity contribution in [3.05, 3.63) is 39.6 Å².